The van der Waals surface area contributed by atoms with Crippen LogP contribution in [-0.4, -0.2) is 0 Å². The molecular weight excluding hydrogens is 629 g/mol. The highest BCUT2D eigenvalue weighted by Gasteiger charge is 2.36. The summed E-state index contributed by atoms with van der Waals surface area (Å²) in [6, 6.07) is 62.5. The molecule has 0 bridgehead atoms. The zero-order valence-corrected chi connectivity index (χ0v) is 29.1. The van der Waals surface area contributed by atoms with Crippen LogP contribution in [0.25, 0.3) is 98.8 Å². The van der Waals surface area contributed by atoms with Gasteiger partial charge in [-0.2, -0.15) is 0 Å². The molecule has 0 aliphatic heterocycles. The van der Waals surface area contributed by atoms with Crippen LogP contribution >= 0.6 is 0 Å². The molecule has 244 valence electrons. The van der Waals surface area contributed by atoms with E-state index in [1.54, 1.807) is 0 Å². The van der Waals surface area contributed by atoms with Crippen molar-refractivity contribution in [2.24, 2.45) is 0 Å². The molecule has 0 N–H and O–H groups in total. The van der Waals surface area contributed by atoms with E-state index in [2.05, 4.69) is 172 Å². The molecule has 1 aliphatic carbocycles. The minimum Gasteiger partial charge on any atom is -0.456 e. The molecule has 0 amide bonds. The Morgan fingerprint density at radius 3 is 1.54 bits per heavy atom. The molecule has 0 saturated heterocycles. The summed E-state index contributed by atoms with van der Waals surface area (Å²) in [7, 11) is 0. The molecule has 0 fully saturated rings. The first-order valence-corrected chi connectivity index (χ1v) is 18.2. The van der Waals surface area contributed by atoms with Crippen molar-refractivity contribution >= 4 is 54.3 Å². The molecule has 1 aromatic heterocycles. The van der Waals surface area contributed by atoms with E-state index in [0.29, 0.717) is 0 Å². The van der Waals surface area contributed by atoms with Gasteiger partial charge in [0.05, 0.1) is 0 Å². The first kappa shape index (κ1) is 29.3. The maximum Gasteiger partial charge on any atom is 0.135 e. The highest BCUT2D eigenvalue weighted by Crippen LogP contribution is 2.51. The molecule has 0 radical (unpaired) electrons. The van der Waals surface area contributed by atoms with Crippen LogP contribution in [0.5, 0.6) is 0 Å². The summed E-state index contributed by atoms with van der Waals surface area (Å²) >= 11 is 0. The summed E-state index contributed by atoms with van der Waals surface area (Å²) < 4.78 is 6.20. The summed E-state index contributed by atoms with van der Waals surface area (Å²) in [6.07, 6.45) is 0. The van der Waals surface area contributed by atoms with Crippen molar-refractivity contribution in [1.29, 1.82) is 0 Å². The predicted molar refractivity (Wildman–Crippen MR) is 220 cm³/mol. The molecule has 0 atom stereocenters. The molecule has 1 aliphatic rings. The van der Waals surface area contributed by atoms with Crippen LogP contribution in [0.4, 0.5) is 0 Å². The molecule has 1 heteroatoms. The van der Waals surface area contributed by atoms with Crippen LogP contribution in [0, 0.1) is 0 Å². The molecule has 1 nitrogen and oxygen atoms in total. The number of hydrogen-bond donors (Lipinski definition) is 0. The fourth-order valence-corrected chi connectivity index (χ4v) is 9.06. The van der Waals surface area contributed by atoms with Crippen molar-refractivity contribution in [3.63, 3.8) is 0 Å². The summed E-state index contributed by atoms with van der Waals surface area (Å²) in [5.74, 6) is 0. The monoisotopic (exact) mass is 662 g/mol. The Balaban J connectivity index is 1.04. The zero-order chi connectivity index (χ0) is 34.6. The Bertz CT molecular complexity index is 3030. The second-order valence-electron chi connectivity index (χ2n) is 14.9. The van der Waals surface area contributed by atoms with Gasteiger partial charge in [0.1, 0.15) is 11.2 Å². The van der Waals surface area contributed by atoms with Crippen LogP contribution in [0.2, 0.25) is 0 Å². The molecule has 0 unspecified atom stereocenters. The molecular formula is C51H34O. The summed E-state index contributed by atoms with van der Waals surface area (Å²) in [4.78, 5) is 0. The van der Waals surface area contributed by atoms with E-state index in [9.17, 15) is 0 Å². The maximum atomic E-state index is 6.20. The fourth-order valence-electron chi connectivity index (χ4n) is 9.06. The second kappa shape index (κ2) is 10.8. The van der Waals surface area contributed by atoms with Crippen LogP contribution in [0.3, 0.4) is 0 Å². The lowest BCUT2D eigenvalue weighted by Gasteiger charge is -2.22. The Kier molecular flexibility index (Phi) is 6.08. The van der Waals surface area contributed by atoms with Gasteiger partial charge < -0.3 is 4.42 Å². The number of rotatable bonds is 3. The summed E-state index contributed by atoms with van der Waals surface area (Å²) in [5, 5.41) is 9.91. The van der Waals surface area contributed by atoms with Gasteiger partial charge in [0, 0.05) is 16.2 Å². The fraction of sp³-hybridized carbons (Fsp3) is 0.0588. The van der Waals surface area contributed by atoms with E-state index in [1.807, 2.05) is 12.1 Å². The van der Waals surface area contributed by atoms with Crippen molar-refractivity contribution in [3.8, 4) is 44.5 Å². The van der Waals surface area contributed by atoms with Crippen LogP contribution in [-0.2, 0) is 5.41 Å². The highest BCUT2D eigenvalue weighted by atomic mass is 16.3. The first-order valence-electron chi connectivity index (χ1n) is 18.2. The van der Waals surface area contributed by atoms with Crippen molar-refractivity contribution in [2.75, 3.05) is 0 Å². The highest BCUT2D eigenvalue weighted by molar-refractivity contribution is 6.22. The molecule has 0 spiro atoms. The number of benzene rings is 9. The van der Waals surface area contributed by atoms with E-state index in [1.165, 1.54) is 88.0 Å². The summed E-state index contributed by atoms with van der Waals surface area (Å²) in [5.41, 5.74) is 14.7. The summed E-state index contributed by atoms with van der Waals surface area (Å²) in [6.45, 7) is 4.74. The smallest absolute Gasteiger partial charge is 0.135 e. The molecule has 1 heterocycles. The minimum atomic E-state index is -0.0700. The Hall–Kier alpha value is -6.44. The third-order valence-electron chi connectivity index (χ3n) is 11.6. The third-order valence-corrected chi connectivity index (χ3v) is 11.6. The van der Waals surface area contributed by atoms with Gasteiger partial charge in [0.2, 0.25) is 0 Å². The normalized spacial score (nSPS) is 13.3. The zero-order valence-electron chi connectivity index (χ0n) is 29.1. The van der Waals surface area contributed by atoms with Gasteiger partial charge in [0.15, 0.2) is 0 Å². The Morgan fingerprint density at radius 2 is 0.846 bits per heavy atom. The van der Waals surface area contributed by atoms with Crippen LogP contribution in [0.1, 0.15) is 25.0 Å². The van der Waals surface area contributed by atoms with Crippen LogP contribution < -0.4 is 0 Å². The molecule has 9 aromatic carbocycles. The van der Waals surface area contributed by atoms with Gasteiger partial charge in [0.25, 0.3) is 0 Å². The van der Waals surface area contributed by atoms with E-state index in [0.717, 1.165) is 21.9 Å². The molecule has 10 aromatic rings. The third kappa shape index (κ3) is 4.17. The number of furan rings is 1. The average molecular weight is 663 g/mol. The van der Waals surface area contributed by atoms with Crippen molar-refractivity contribution in [3.05, 3.63) is 181 Å². The quantitative estimate of drug-likeness (QED) is 0.172. The van der Waals surface area contributed by atoms with Gasteiger partial charge in [-0.1, -0.05) is 147 Å². The molecule has 0 saturated carbocycles. The Labute approximate surface area is 302 Å². The topological polar surface area (TPSA) is 13.1 Å². The minimum absolute atomic E-state index is 0.0700. The van der Waals surface area contributed by atoms with Gasteiger partial charge in [-0.25, -0.2) is 0 Å². The predicted octanol–water partition coefficient (Wildman–Crippen LogP) is 14.4. The van der Waals surface area contributed by atoms with Gasteiger partial charge in [-0.15, -0.1) is 0 Å². The standard InChI is InChI=1S/C51H34O/c1-51(2)45-30-35(23-25-37(45)43-27-33-11-3-4-12-34(33)29-46(43)51)31-19-21-32(22-20-31)49-39-14-5-7-16-41(39)50(42-17-8-6-15-40(42)49)36-24-26-48-44(28-36)38-13-9-10-18-47(38)52-48/h3-30H,1-2H3. The Morgan fingerprint density at radius 1 is 0.346 bits per heavy atom. The maximum absolute atomic E-state index is 6.20. The lowest BCUT2D eigenvalue weighted by atomic mass is 9.81. The lowest BCUT2D eigenvalue weighted by molar-refractivity contribution is 0.661. The number of fused-ring (bicyclic) bond motifs is 9. The molecule has 11 rings (SSSR count). The lowest BCUT2D eigenvalue weighted by Crippen LogP contribution is -2.15. The average Bonchev–Trinajstić information content (AvgIpc) is 3.67. The van der Waals surface area contributed by atoms with Crippen LogP contribution in [0.15, 0.2) is 174 Å². The van der Waals surface area contributed by atoms with E-state index in [-0.39, 0.29) is 5.41 Å². The first-order chi connectivity index (χ1) is 25.5. The number of hydrogen-bond acceptors (Lipinski definition) is 1. The largest absolute Gasteiger partial charge is 0.456 e. The van der Waals surface area contributed by atoms with Crippen molar-refractivity contribution < 1.29 is 4.42 Å². The SMILES string of the molecule is CC1(C)c2cc(-c3ccc(-c4c5ccccc5c(-c5ccc6oc7ccccc7c6c5)c5ccccc45)cc3)ccc2-c2cc3ccccc3cc21. The van der Waals surface area contributed by atoms with E-state index >= 15 is 0 Å². The van der Waals surface area contributed by atoms with Crippen molar-refractivity contribution in [1.82, 2.24) is 0 Å². The molecule has 52 heavy (non-hydrogen) atoms. The number of para-hydroxylation sites is 1. The van der Waals surface area contributed by atoms with E-state index in [4.69, 9.17) is 4.42 Å². The van der Waals surface area contributed by atoms with Crippen molar-refractivity contribution in [2.45, 2.75) is 19.3 Å². The van der Waals surface area contributed by atoms with Gasteiger partial charge in [-0.3, -0.25) is 0 Å². The second-order valence-corrected chi connectivity index (χ2v) is 14.9. The van der Waals surface area contributed by atoms with Gasteiger partial charge in [-0.05, 0) is 124 Å². The van der Waals surface area contributed by atoms with E-state index < -0.39 is 0 Å². The van der Waals surface area contributed by atoms with Gasteiger partial charge >= 0.3 is 0 Å².